The Labute approximate surface area is 170 Å². The van der Waals surface area contributed by atoms with E-state index in [0.29, 0.717) is 43.0 Å². The fourth-order valence-electron chi connectivity index (χ4n) is 3.28. The van der Waals surface area contributed by atoms with Crippen molar-refractivity contribution < 1.29 is 23.1 Å². The van der Waals surface area contributed by atoms with E-state index in [1.54, 1.807) is 6.07 Å². The summed E-state index contributed by atoms with van der Waals surface area (Å²) in [5.74, 6) is 0.453. The molecule has 1 saturated heterocycles. The summed E-state index contributed by atoms with van der Waals surface area (Å²) in [5.41, 5.74) is 0.0390. The maximum Gasteiger partial charge on any atom is 0.417 e. The fourth-order valence-corrected chi connectivity index (χ4v) is 3.56. The lowest BCUT2D eigenvalue weighted by molar-refractivity contribution is -0.137. The zero-order valence-corrected chi connectivity index (χ0v) is 16.2. The minimum atomic E-state index is -4.51. The topological polar surface area (TPSA) is 78.4 Å². The van der Waals surface area contributed by atoms with E-state index in [0.717, 1.165) is 6.07 Å². The third-order valence-corrected chi connectivity index (χ3v) is 5.14. The predicted octanol–water partition coefficient (Wildman–Crippen LogP) is 3.14. The molecule has 1 aliphatic rings. The smallest absolute Gasteiger partial charge is 0.395 e. The average Bonchev–Trinajstić information content (AvgIpc) is 2.71. The Hall–Kier alpha value is -2.39. The van der Waals surface area contributed by atoms with Gasteiger partial charge in [-0.05, 0) is 25.0 Å². The van der Waals surface area contributed by atoms with Crippen molar-refractivity contribution in [3.05, 3.63) is 41.2 Å². The molecule has 6 nitrogen and oxygen atoms in total. The molecule has 0 atom stereocenters. The van der Waals surface area contributed by atoms with Gasteiger partial charge in [-0.1, -0.05) is 17.7 Å². The molecule has 2 N–H and O–H groups in total. The zero-order valence-electron chi connectivity index (χ0n) is 15.4. The number of piperidine rings is 1. The Morgan fingerprint density at radius 2 is 1.97 bits per heavy atom. The molecular weight excluding hydrogens is 409 g/mol. The highest BCUT2D eigenvalue weighted by Gasteiger charge is 2.33. The maximum atomic E-state index is 12.9. The van der Waals surface area contributed by atoms with E-state index in [1.807, 2.05) is 4.90 Å². The number of amides is 1. The lowest BCUT2D eigenvalue weighted by Gasteiger charge is -2.32. The van der Waals surface area contributed by atoms with Crippen molar-refractivity contribution in [2.75, 3.05) is 31.1 Å². The molecule has 1 amide bonds. The van der Waals surface area contributed by atoms with Crippen LogP contribution in [-0.4, -0.2) is 47.2 Å². The van der Waals surface area contributed by atoms with Gasteiger partial charge < -0.3 is 15.3 Å². The summed E-state index contributed by atoms with van der Waals surface area (Å²) in [7, 11) is 0. The first-order valence-electron chi connectivity index (χ1n) is 9.12. The van der Waals surface area contributed by atoms with E-state index in [2.05, 4.69) is 15.3 Å². The molecular formula is C19H20ClF3N4O2. The van der Waals surface area contributed by atoms with Crippen molar-refractivity contribution in [1.29, 1.82) is 0 Å². The van der Waals surface area contributed by atoms with Crippen molar-refractivity contribution >= 4 is 23.3 Å². The molecule has 1 fully saturated rings. The number of nitrogens with zero attached hydrogens (tertiary/aromatic N) is 3. The van der Waals surface area contributed by atoms with E-state index in [1.165, 1.54) is 18.5 Å². The van der Waals surface area contributed by atoms with Crippen LogP contribution in [0.2, 0.25) is 5.02 Å². The number of aliphatic hydroxyl groups is 1. The molecule has 2 aromatic rings. The van der Waals surface area contributed by atoms with Crippen LogP contribution in [0, 0.1) is 5.92 Å². The largest absolute Gasteiger partial charge is 0.417 e. The minimum Gasteiger partial charge on any atom is -0.395 e. The third kappa shape index (κ3) is 5.16. The van der Waals surface area contributed by atoms with Crippen molar-refractivity contribution in [2.45, 2.75) is 19.0 Å². The van der Waals surface area contributed by atoms with Crippen LogP contribution >= 0.6 is 11.6 Å². The molecule has 0 saturated carbocycles. The highest BCUT2D eigenvalue weighted by Crippen LogP contribution is 2.36. The number of halogens is 4. The molecule has 3 rings (SSSR count). The van der Waals surface area contributed by atoms with Gasteiger partial charge >= 0.3 is 6.18 Å². The molecule has 1 aromatic carbocycles. The number of aromatic nitrogens is 2. The normalized spacial score (nSPS) is 15.4. The fraction of sp³-hybridized carbons (Fsp3) is 0.421. The summed E-state index contributed by atoms with van der Waals surface area (Å²) < 4.78 is 38.7. The lowest BCUT2D eigenvalue weighted by Crippen LogP contribution is -2.41. The number of carbonyl (C=O) groups is 1. The van der Waals surface area contributed by atoms with Gasteiger partial charge in [0.15, 0.2) is 0 Å². The first kappa shape index (κ1) is 21.3. The number of aliphatic hydroxyl groups excluding tert-OH is 1. The summed E-state index contributed by atoms with van der Waals surface area (Å²) in [6.45, 7) is 1.37. The summed E-state index contributed by atoms with van der Waals surface area (Å²) in [6.07, 6.45) is -1.87. The van der Waals surface area contributed by atoms with Crippen molar-refractivity contribution in [2.24, 2.45) is 5.92 Å². The van der Waals surface area contributed by atoms with E-state index in [4.69, 9.17) is 16.7 Å². The molecule has 2 heterocycles. The first-order valence-corrected chi connectivity index (χ1v) is 9.50. The van der Waals surface area contributed by atoms with Gasteiger partial charge in [0, 0.05) is 37.2 Å². The number of anilines is 1. The second kappa shape index (κ2) is 8.96. The van der Waals surface area contributed by atoms with Gasteiger partial charge in [0.1, 0.15) is 12.1 Å². The Kier molecular flexibility index (Phi) is 6.59. The van der Waals surface area contributed by atoms with Gasteiger partial charge in [0.2, 0.25) is 5.91 Å². The van der Waals surface area contributed by atoms with E-state index in [-0.39, 0.29) is 30.0 Å². The summed E-state index contributed by atoms with van der Waals surface area (Å²) in [4.78, 5) is 22.4. The highest BCUT2D eigenvalue weighted by molar-refractivity contribution is 6.31. The molecule has 0 unspecified atom stereocenters. The van der Waals surface area contributed by atoms with Crippen molar-refractivity contribution in [3.63, 3.8) is 0 Å². The van der Waals surface area contributed by atoms with Gasteiger partial charge in [0.05, 0.1) is 22.9 Å². The van der Waals surface area contributed by atoms with Crippen molar-refractivity contribution in [3.8, 4) is 11.3 Å². The lowest BCUT2D eigenvalue weighted by atomic mass is 9.96. The standard InChI is InChI=1S/C19H20ClF3N4O2/c20-15-9-13(1-2-14(15)19(21,22)23)16-10-17(26-11-25-16)27-6-3-12(4-7-27)18(29)24-5-8-28/h1-2,9-12,28H,3-8H2,(H,24,29). The number of carbonyl (C=O) groups excluding carboxylic acids is 1. The van der Waals surface area contributed by atoms with Gasteiger partial charge in [0.25, 0.3) is 0 Å². The maximum absolute atomic E-state index is 12.9. The Morgan fingerprint density at radius 3 is 2.59 bits per heavy atom. The quantitative estimate of drug-likeness (QED) is 0.765. The molecule has 0 spiro atoms. The van der Waals surface area contributed by atoms with Crippen LogP contribution in [-0.2, 0) is 11.0 Å². The first-order chi connectivity index (χ1) is 13.8. The highest BCUT2D eigenvalue weighted by atomic mass is 35.5. The molecule has 0 bridgehead atoms. The Balaban J connectivity index is 1.71. The average molecular weight is 429 g/mol. The molecule has 0 radical (unpaired) electrons. The second-order valence-corrected chi connectivity index (χ2v) is 7.14. The number of hydrogen-bond acceptors (Lipinski definition) is 5. The van der Waals surface area contributed by atoms with Crippen LogP contribution in [0.4, 0.5) is 19.0 Å². The summed E-state index contributed by atoms with van der Waals surface area (Å²) in [5, 5.41) is 11.1. The zero-order chi connectivity index (χ0) is 21.0. The number of nitrogens with one attached hydrogen (secondary N) is 1. The van der Waals surface area contributed by atoms with Gasteiger partial charge in [-0.3, -0.25) is 4.79 Å². The summed E-state index contributed by atoms with van der Waals surface area (Å²) in [6, 6.07) is 5.22. The van der Waals surface area contributed by atoms with Gasteiger partial charge in [-0.15, -0.1) is 0 Å². The number of rotatable bonds is 5. The number of benzene rings is 1. The van der Waals surface area contributed by atoms with Crippen LogP contribution < -0.4 is 10.2 Å². The number of alkyl halides is 3. The SMILES string of the molecule is O=C(NCCO)C1CCN(c2cc(-c3ccc(C(F)(F)F)c(Cl)c3)ncn2)CC1. The molecule has 1 aromatic heterocycles. The van der Waals surface area contributed by atoms with Crippen LogP contribution in [0.1, 0.15) is 18.4 Å². The third-order valence-electron chi connectivity index (χ3n) is 4.82. The monoisotopic (exact) mass is 428 g/mol. The van der Waals surface area contributed by atoms with E-state index < -0.39 is 11.7 Å². The second-order valence-electron chi connectivity index (χ2n) is 6.73. The predicted molar refractivity (Wildman–Crippen MR) is 103 cm³/mol. The van der Waals surface area contributed by atoms with Crippen LogP contribution in [0.25, 0.3) is 11.3 Å². The molecule has 10 heteroatoms. The Bertz CT molecular complexity index is 871. The minimum absolute atomic E-state index is 0.0681. The van der Waals surface area contributed by atoms with Crippen LogP contribution in [0.15, 0.2) is 30.6 Å². The molecule has 29 heavy (non-hydrogen) atoms. The number of hydrogen-bond donors (Lipinski definition) is 2. The van der Waals surface area contributed by atoms with E-state index >= 15 is 0 Å². The molecule has 1 aliphatic heterocycles. The van der Waals surface area contributed by atoms with Crippen LogP contribution in [0.5, 0.6) is 0 Å². The molecule has 0 aliphatic carbocycles. The van der Waals surface area contributed by atoms with Gasteiger partial charge in [-0.2, -0.15) is 13.2 Å². The van der Waals surface area contributed by atoms with Gasteiger partial charge in [-0.25, -0.2) is 9.97 Å². The van der Waals surface area contributed by atoms with Crippen molar-refractivity contribution in [1.82, 2.24) is 15.3 Å². The van der Waals surface area contributed by atoms with E-state index in [9.17, 15) is 18.0 Å². The molecule has 156 valence electrons. The Morgan fingerprint density at radius 1 is 1.24 bits per heavy atom. The summed E-state index contributed by atoms with van der Waals surface area (Å²) >= 11 is 5.81. The van der Waals surface area contributed by atoms with Crippen LogP contribution in [0.3, 0.4) is 0 Å².